The predicted molar refractivity (Wildman–Crippen MR) is 93.2 cm³/mol. The number of hydrogen-bond acceptors (Lipinski definition) is 6. The van der Waals surface area contributed by atoms with Gasteiger partial charge in [-0.1, -0.05) is 17.3 Å². The molecule has 3 amide bonds. The molecule has 0 aliphatic carbocycles. The lowest BCUT2D eigenvalue weighted by atomic mass is 10.1. The lowest BCUT2D eigenvalue weighted by Crippen LogP contribution is -2.30. The van der Waals surface area contributed by atoms with Crippen LogP contribution < -0.4 is 10.6 Å². The van der Waals surface area contributed by atoms with Gasteiger partial charge in [0.25, 0.3) is 5.89 Å². The summed E-state index contributed by atoms with van der Waals surface area (Å²) in [6.45, 7) is 2.31. The van der Waals surface area contributed by atoms with Crippen molar-refractivity contribution in [1.82, 2.24) is 25.7 Å². The molecule has 2 aromatic rings. The predicted octanol–water partition coefficient (Wildman–Crippen LogP) is 1.36. The van der Waals surface area contributed by atoms with Crippen LogP contribution in [0.1, 0.15) is 18.3 Å². The molecule has 8 nitrogen and oxygen atoms in total. The van der Waals surface area contributed by atoms with E-state index in [0.717, 1.165) is 11.1 Å². The van der Waals surface area contributed by atoms with Crippen LogP contribution in [0.5, 0.6) is 0 Å². The van der Waals surface area contributed by atoms with Gasteiger partial charge in [0.15, 0.2) is 5.82 Å². The van der Waals surface area contributed by atoms with Crippen LogP contribution in [-0.4, -0.2) is 46.6 Å². The number of rotatable bonds is 6. The highest BCUT2D eigenvalue weighted by Crippen LogP contribution is 2.20. The van der Waals surface area contributed by atoms with Gasteiger partial charge < -0.3 is 15.2 Å². The summed E-state index contributed by atoms with van der Waals surface area (Å²) in [6.07, 6.45) is 0.669. The third-order valence-electron chi connectivity index (χ3n) is 3.90. The SMILES string of the molecule is CNC(C)Cc1noc(-c2cccc(CN3C(=O)CNC3=O)c2)n1.Cl. The Morgan fingerprint density at radius 1 is 1.40 bits per heavy atom. The van der Waals surface area contributed by atoms with E-state index in [4.69, 9.17) is 4.52 Å². The molecule has 1 aromatic heterocycles. The van der Waals surface area contributed by atoms with Crippen molar-refractivity contribution in [3.63, 3.8) is 0 Å². The standard InChI is InChI=1S/C16H19N5O3.ClH/c1-10(17-2)6-13-19-15(24-20-13)12-5-3-4-11(7-12)9-21-14(22)8-18-16(21)23;/h3-5,7,10,17H,6,8-9H2,1-2H3,(H,18,23);1H. The fourth-order valence-corrected chi connectivity index (χ4v) is 2.43. The number of aromatic nitrogens is 2. The van der Waals surface area contributed by atoms with Crippen molar-refractivity contribution in [1.29, 1.82) is 0 Å². The van der Waals surface area contributed by atoms with Crippen molar-refractivity contribution in [3.8, 4) is 11.5 Å². The average Bonchev–Trinajstić information content (AvgIpc) is 3.17. The van der Waals surface area contributed by atoms with Gasteiger partial charge in [0.1, 0.15) is 0 Å². The van der Waals surface area contributed by atoms with E-state index in [1.165, 1.54) is 4.90 Å². The minimum absolute atomic E-state index is 0. The van der Waals surface area contributed by atoms with E-state index in [9.17, 15) is 9.59 Å². The number of halogens is 1. The topological polar surface area (TPSA) is 100 Å². The molecular formula is C16H20ClN5O3. The largest absolute Gasteiger partial charge is 0.334 e. The smallest absolute Gasteiger partial charge is 0.324 e. The average molecular weight is 366 g/mol. The Morgan fingerprint density at radius 2 is 2.20 bits per heavy atom. The van der Waals surface area contributed by atoms with Gasteiger partial charge in [-0.3, -0.25) is 9.69 Å². The van der Waals surface area contributed by atoms with Gasteiger partial charge in [-0.2, -0.15) is 4.98 Å². The zero-order valence-electron chi connectivity index (χ0n) is 14.0. The molecule has 1 aliphatic rings. The third-order valence-corrected chi connectivity index (χ3v) is 3.90. The maximum Gasteiger partial charge on any atom is 0.324 e. The summed E-state index contributed by atoms with van der Waals surface area (Å²) in [5.41, 5.74) is 1.58. The number of urea groups is 1. The van der Waals surface area contributed by atoms with Crippen molar-refractivity contribution in [2.24, 2.45) is 0 Å². The highest BCUT2D eigenvalue weighted by molar-refractivity contribution is 6.01. The second-order valence-electron chi connectivity index (χ2n) is 5.75. The molecule has 3 rings (SSSR count). The first-order chi connectivity index (χ1) is 11.6. The zero-order chi connectivity index (χ0) is 17.1. The Kier molecular flexibility index (Phi) is 6.11. The van der Waals surface area contributed by atoms with Crippen LogP contribution in [0, 0.1) is 0 Å². The van der Waals surface area contributed by atoms with Crippen LogP contribution in [0.25, 0.3) is 11.5 Å². The number of likely N-dealkylation sites (N-methyl/N-ethyl adjacent to an activating group) is 1. The van der Waals surface area contributed by atoms with E-state index in [1.807, 2.05) is 38.2 Å². The Balaban J connectivity index is 0.00000225. The third kappa shape index (κ3) is 4.34. The second-order valence-corrected chi connectivity index (χ2v) is 5.75. The van der Waals surface area contributed by atoms with Gasteiger partial charge in [-0.15, -0.1) is 12.4 Å². The number of imide groups is 1. The summed E-state index contributed by atoms with van der Waals surface area (Å²) in [5.74, 6) is 0.824. The van der Waals surface area contributed by atoms with Gasteiger partial charge in [0.2, 0.25) is 5.91 Å². The number of carbonyl (C=O) groups excluding carboxylic acids is 2. The summed E-state index contributed by atoms with van der Waals surface area (Å²) in [7, 11) is 1.88. The van der Waals surface area contributed by atoms with Crippen LogP contribution in [-0.2, 0) is 17.8 Å². The number of hydrogen-bond donors (Lipinski definition) is 2. The van der Waals surface area contributed by atoms with Crippen molar-refractivity contribution >= 4 is 24.3 Å². The molecule has 1 fully saturated rings. The molecular weight excluding hydrogens is 346 g/mol. The Hall–Kier alpha value is -2.45. The van der Waals surface area contributed by atoms with E-state index in [-0.39, 0.29) is 43.5 Å². The first kappa shape index (κ1) is 18.9. The normalized spacial score (nSPS) is 15.0. The Bertz CT molecular complexity index is 748. The summed E-state index contributed by atoms with van der Waals surface area (Å²) in [5, 5.41) is 9.61. The van der Waals surface area contributed by atoms with Crippen molar-refractivity contribution in [2.75, 3.05) is 13.6 Å². The molecule has 25 heavy (non-hydrogen) atoms. The summed E-state index contributed by atoms with van der Waals surface area (Å²) in [4.78, 5) is 28.9. The molecule has 0 saturated carbocycles. The Labute approximate surface area is 151 Å². The minimum Gasteiger partial charge on any atom is -0.334 e. The van der Waals surface area contributed by atoms with Crippen molar-refractivity contribution in [2.45, 2.75) is 25.9 Å². The van der Waals surface area contributed by atoms with Gasteiger partial charge >= 0.3 is 6.03 Å². The van der Waals surface area contributed by atoms with Gasteiger partial charge in [-0.05, 0) is 31.7 Å². The first-order valence-corrected chi connectivity index (χ1v) is 7.74. The molecule has 0 bridgehead atoms. The highest BCUT2D eigenvalue weighted by Gasteiger charge is 2.28. The molecule has 1 saturated heterocycles. The number of amides is 3. The van der Waals surface area contributed by atoms with E-state index in [0.29, 0.717) is 18.1 Å². The van der Waals surface area contributed by atoms with Crippen LogP contribution in [0.2, 0.25) is 0 Å². The number of carbonyl (C=O) groups is 2. The molecule has 1 aromatic carbocycles. The van der Waals surface area contributed by atoms with Crippen molar-refractivity contribution in [3.05, 3.63) is 35.7 Å². The number of nitrogens with one attached hydrogen (secondary N) is 2. The molecule has 1 aliphatic heterocycles. The van der Waals surface area contributed by atoms with Crippen LogP contribution in [0.15, 0.2) is 28.8 Å². The zero-order valence-corrected chi connectivity index (χ0v) is 14.8. The number of benzene rings is 1. The molecule has 2 heterocycles. The highest BCUT2D eigenvalue weighted by atomic mass is 35.5. The summed E-state index contributed by atoms with van der Waals surface area (Å²) >= 11 is 0. The Morgan fingerprint density at radius 3 is 2.88 bits per heavy atom. The maximum absolute atomic E-state index is 11.7. The van der Waals surface area contributed by atoms with Crippen LogP contribution in [0.3, 0.4) is 0 Å². The van der Waals surface area contributed by atoms with Gasteiger partial charge in [0.05, 0.1) is 13.1 Å². The molecule has 9 heteroatoms. The summed E-state index contributed by atoms with van der Waals surface area (Å²) < 4.78 is 5.31. The molecule has 0 spiro atoms. The van der Waals surface area contributed by atoms with Crippen LogP contribution in [0.4, 0.5) is 4.79 Å². The monoisotopic (exact) mass is 365 g/mol. The van der Waals surface area contributed by atoms with E-state index in [2.05, 4.69) is 20.8 Å². The lowest BCUT2D eigenvalue weighted by molar-refractivity contribution is -0.125. The second kappa shape index (κ2) is 8.09. The number of nitrogens with zero attached hydrogens (tertiary/aromatic N) is 3. The molecule has 0 radical (unpaired) electrons. The van der Waals surface area contributed by atoms with E-state index in [1.54, 1.807) is 0 Å². The maximum atomic E-state index is 11.7. The molecule has 2 N–H and O–H groups in total. The lowest BCUT2D eigenvalue weighted by Gasteiger charge is -2.12. The first-order valence-electron chi connectivity index (χ1n) is 7.74. The fraction of sp³-hybridized carbons (Fsp3) is 0.375. The van der Waals surface area contributed by atoms with Crippen molar-refractivity contribution < 1.29 is 14.1 Å². The van der Waals surface area contributed by atoms with Gasteiger partial charge in [0, 0.05) is 18.0 Å². The quantitative estimate of drug-likeness (QED) is 0.750. The van der Waals surface area contributed by atoms with Crippen LogP contribution >= 0.6 is 12.4 Å². The molecule has 134 valence electrons. The van der Waals surface area contributed by atoms with E-state index >= 15 is 0 Å². The summed E-state index contributed by atoms with van der Waals surface area (Å²) in [6, 6.07) is 7.27. The minimum atomic E-state index is -0.369. The fourth-order valence-electron chi connectivity index (χ4n) is 2.43. The van der Waals surface area contributed by atoms with E-state index < -0.39 is 0 Å². The molecule has 1 atom stereocenters. The molecule has 1 unspecified atom stereocenters. The van der Waals surface area contributed by atoms with Gasteiger partial charge in [-0.25, -0.2) is 4.79 Å².